The smallest absolute Gasteiger partial charge is 0.321 e. The van der Waals surface area contributed by atoms with Crippen molar-refractivity contribution >= 4 is 0 Å². The molecule has 94 valence electrons. The Morgan fingerprint density at radius 2 is 1.71 bits per heavy atom. The molecule has 1 aromatic rings. The van der Waals surface area contributed by atoms with Crippen molar-refractivity contribution in [2.24, 2.45) is 5.73 Å². The molecule has 0 amide bonds. The normalized spacial score (nSPS) is 20.2. The van der Waals surface area contributed by atoms with E-state index in [0.29, 0.717) is 5.56 Å². The summed E-state index contributed by atoms with van der Waals surface area (Å²) in [5.74, 6) is 0. The summed E-state index contributed by atoms with van der Waals surface area (Å²) in [6.45, 7) is 0. The first-order valence-electron chi connectivity index (χ1n) is 5.88. The number of alkyl halides is 3. The summed E-state index contributed by atoms with van der Waals surface area (Å²) in [6, 6.07) is 5.45. The van der Waals surface area contributed by atoms with E-state index in [1.807, 2.05) is 0 Å². The zero-order chi connectivity index (χ0) is 12.5. The molecule has 1 aliphatic carbocycles. The van der Waals surface area contributed by atoms with Crippen LogP contribution in [0, 0.1) is 0 Å². The lowest BCUT2D eigenvalue weighted by Gasteiger charge is -2.34. The van der Waals surface area contributed by atoms with Crippen molar-refractivity contribution in [3.05, 3.63) is 35.4 Å². The molecule has 0 saturated heterocycles. The van der Waals surface area contributed by atoms with Crippen molar-refractivity contribution in [2.75, 3.05) is 0 Å². The molecule has 2 rings (SSSR count). The molecule has 0 aliphatic heterocycles. The van der Waals surface area contributed by atoms with Gasteiger partial charge in [-0.3, -0.25) is 0 Å². The number of halogens is 3. The van der Waals surface area contributed by atoms with Crippen molar-refractivity contribution in [3.8, 4) is 0 Å². The second kappa shape index (κ2) is 4.33. The van der Waals surface area contributed by atoms with Crippen LogP contribution in [0.2, 0.25) is 0 Å². The molecule has 0 bridgehead atoms. The van der Waals surface area contributed by atoms with Gasteiger partial charge >= 0.3 is 6.18 Å². The van der Waals surface area contributed by atoms with E-state index in [9.17, 15) is 13.2 Å². The molecule has 0 unspecified atom stereocenters. The molecular formula is C13H16F3N. The number of nitrogens with two attached hydrogens (primary N) is 1. The highest BCUT2D eigenvalue weighted by atomic mass is 19.4. The van der Waals surface area contributed by atoms with E-state index in [4.69, 9.17) is 5.73 Å². The molecule has 0 heterocycles. The van der Waals surface area contributed by atoms with Gasteiger partial charge in [0.25, 0.3) is 0 Å². The van der Waals surface area contributed by atoms with E-state index in [0.717, 1.165) is 38.2 Å². The standard InChI is InChI=1S/C13H16F3N/c14-13(15,16)11-6-4-5-10(9-11)12(17)7-2-1-3-8-12/h4-6,9H,1-3,7-8,17H2. The van der Waals surface area contributed by atoms with Crippen LogP contribution in [-0.2, 0) is 11.7 Å². The molecule has 1 nitrogen and oxygen atoms in total. The van der Waals surface area contributed by atoms with Crippen molar-refractivity contribution in [1.29, 1.82) is 0 Å². The highest BCUT2D eigenvalue weighted by Gasteiger charge is 2.34. The molecule has 1 aliphatic rings. The molecule has 0 atom stereocenters. The quantitative estimate of drug-likeness (QED) is 0.797. The average Bonchev–Trinajstić information content (AvgIpc) is 2.29. The summed E-state index contributed by atoms with van der Waals surface area (Å²) in [6.07, 6.45) is 0.362. The Balaban J connectivity index is 2.32. The predicted molar refractivity (Wildman–Crippen MR) is 60.4 cm³/mol. The number of hydrogen-bond donors (Lipinski definition) is 1. The van der Waals surface area contributed by atoms with Gasteiger partial charge < -0.3 is 5.73 Å². The first-order valence-corrected chi connectivity index (χ1v) is 5.88. The second-order valence-electron chi connectivity index (χ2n) is 4.80. The van der Waals surface area contributed by atoms with E-state index in [1.54, 1.807) is 6.07 Å². The summed E-state index contributed by atoms with van der Waals surface area (Å²) in [5.41, 5.74) is 5.67. The van der Waals surface area contributed by atoms with E-state index < -0.39 is 17.3 Å². The lowest BCUT2D eigenvalue weighted by molar-refractivity contribution is -0.137. The zero-order valence-corrected chi connectivity index (χ0v) is 9.56. The van der Waals surface area contributed by atoms with Gasteiger partial charge in [0, 0.05) is 5.54 Å². The number of benzene rings is 1. The molecule has 4 heteroatoms. The highest BCUT2D eigenvalue weighted by molar-refractivity contribution is 5.31. The van der Waals surface area contributed by atoms with Crippen LogP contribution in [0.5, 0.6) is 0 Å². The van der Waals surface area contributed by atoms with Gasteiger partial charge in [0.2, 0.25) is 0 Å². The number of hydrogen-bond acceptors (Lipinski definition) is 1. The fourth-order valence-corrected chi connectivity index (χ4v) is 2.48. The van der Waals surface area contributed by atoms with Gasteiger partial charge in [-0.05, 0) is 30.5 Å². The van der Waals surface area contributed by atoms with Crippen molar-refractivity contribution in [3.63, 3.8) is 0 Å². The summed E-state index contributed by atoms with van der Waals surface area (Å²) >= 11 is 0. The van der Waals surface area contributed by atoms with Crippen LogP contribution in [0.1, 0.15) is 43.2 Å². The molecule has 1 saturated carbocycles. The summed E-state index contributed by atoms with van der Waals surface area (Å²) in [7, 11) is 0. The Morgan fingerprint density at radius 3 is 2.29 bits per heavy atom. The minimum Gasteiger partial charge on any atom is -0.321 e. The maximum absolute atomic E-state index is 12.6. The largest absolute Gasteiger partial charge is 0.416 e. The van der Waals surface area contributed by atoms with Gasteiger partial charge in [-0.1, -0.05) is 31.4 Å². The summed E-state index contributed by atoms with van der Waals surface area (Å²) in [5, 5.41) is 0. The molecule has 17 heavy (non-hydrogen) atoms. The molecule has 0 spiro atoms. The van der Waals surface area contributed by atoms with Crippen LogP contribution in [-0.4, -0.2) is 0 Å². The third-order valence-corrected chi connectivity index (χ3v) is 3.51. The fourth-order valence-electron chi connectivity index (χ4n) is 2.48. The number of rotatable bonds is 1. The highest BCUT2D eigenvalue weighted by Crippen LogP contribution is 2.37. The van der Waals surface area contributed by atoms with E-state index in [2.05, 4.69) is 0 Å². The van der Waals surface area contributed by atoms with Gasteiger partial charge in [-0.25, -0.2) is 0 Å². The molecule has 0 aromatic heterocycles. The van der Waals surface area contributed by atoms with E-state index in [-0.39, 0.29) is 0 Å². The topological polar surface area (TPSA) is 26.0 Å². The molecule has 0 radical (unpaired) electrons. The maximum Gasteiger partial charge on any atom is 0.416 e. The van der Waals surface area contributed by atoms with Gasteiger partial charge in [0.05, 0.1) is 5.56 Å². The Hall–Kier alpha value is -1.03. The minimum atomic E-state index is -4.29. The zero-order valence-electron chi connectivity index (χ0n) is 9.56. The Kier molecular flexibility index (Phi) is 3.17. The van der Waals surface area contributed by atoms with Crippen LogP contribution in [0.25, 0.3) is 0 Å². The summed E-state index contributed by atoms with van der Waals surface area (Å²) < 4.78 is 37.9. The van der Waals surface area contributed by atoms with Crippen molar-refractivity contribution in [2.45, 2.75) is 43.8 Å². The second-order valence-corrected chi connectivity index (χ2v) is 4.80. The van der Waals surface area contributed by atoms with Crippen LogP contribution >= 0.6 is 0 Å². The van der Waals surface area contributed by atoms with Gasteiger partial charge in [-0.15, -0.1) is 0 Å². The minimum absolute atomic E-state index is 0.570. The Morgan fingerprint density at radius 1 is 1.06 bits per heavy atom. The predicted octanol–water partition coefficient (Wildman–Crippen LogP) is 3.82. The van der Waals surface area contributed by atoms with Gasteiger partial charge in [0.15, 0.2) is 0 Å². The third-order valence-electron chi connectivity index (χ3n) is 3.51. The van der Waals surface area contributed by atoms with Crippen LogP contribution in [0.3, 0.4) is 0 Å². The maximum atomic E-state index is 12.6. The molecule has 1 fully saturated rings. The van der Waals surface area contributed by atoms with E-state index in [1.165, 1.54) is 12.1 Å². The average molecular weight is 243 g/mol. The summed E-state index contributed by atoms with van der Waals surface area (Å²) in [4.78, 5) is 0. The van der Waals surface area contributed by atoms with Crippen LogP contribution in [0.4, 0.5) is 13.2 Å². The van der Waals surface area contributed by atoms with Crippen molar-refractivity contribution in [1.82, 2.24) is 0 Å². The van der Waals surface area contributed by atoms with Crippen LogP contribution in [0.15, 0.2) is 24.3 Å². The first-order chi connectivity index (χ1) is 7.92. The van der Waals surface area contributed by atoms with Gasteiger partial charge in [0.1, 0.15) is 0 Å². The lowest BCUT2D eigenvalue weighted by atomic mass is 9.77. The molecule has 1 aromatic carbocycles. The van der Waals surface area contributed by atoms with Gasteiger partial charge in [-0.2, -0.15) is 13.2 Å². The third kappa shape index (κ3) is 2.63. The SMILES string of the molecule is NC1(c2cccc(C(F)(F)F)c2)CCCCC1. The monoisotopic (exact) mass is 243 g/mol. The molecule has 2 N–H and O–H groups in total. The van der Waals surface area contributed by atoms with Crippen molar-refractivity contribution < 1.29 is 13.2 Å². The van der Waals surface area contributed by atoms with E-state index >= 15 is 0 Å². The molecular weight excluding hydrogens is 227 g/mol. The van der Waals surface area contributed by atoms with Crippen LogP contribution < -0.4 is 5.73 Å². The fraction of sp³-hybridized carbons (Fsp3) is 0.538. The first kappa shape index (κ1) is 12.4. The Bertz CT molecular complexity index is 392. The Labute approximate surface area is 98.8 Å². The lowest BCUT2D eigenvalue weighted by Crippen LogP contribution is -2.38.